The fourth-order valence-corrected chi connectivity index (χ4v) is 3.51. The second-order valence-electron chi connectivity index (χ2n) is 7.73. The molecule has 0 aliphatic rings. The number of nitro benzene ring substituents is 1. The second kappa shape index (κ2) is 10.4. The monoisotopic (exact) mass is 484 g/mol. The van der Waals surface area contributed by atoms with Crippen LogP contribution < -0.4 is 16.3 Å². The zero-order valence-electron chi connectivity index (χ0n) is 19.0. The Balaban J connectivity index is 1.67. The number of carbonyl (C=O) groups excluding carboxylic acids is 2. The maximum atomic E-state index is 13.3. The first-order valence-electron chi connectivity index (χ1n) is 10.8. The fourth-order valence-electron chi connectivity index (χ4n) is 3.51. The van der Waals surface area contributed by atoms with E-state index < -0.39 is 28.3 Å². The van der Waals surface area contributed by atoms with Gasteiger partial charge in [0.1, 0.15) is 5.69 Å². The number of nitrogens with one attached hydrogen (secondary N) is 3. The second-order valence-corrected chi connectivity index (χ2v) is 7.73. The number of benzene rings is 3. The molecule has 0 radical (unpaired) electrons. The predicted octanol–water partition coefficient (Wildman–Crippen LogP) is 2.84. The molecule has 0 aliphatic heterocycles. The van der Waals surface area contributed by atoms with E-state index in [1.807, 2.05) is 0 Å². The van der Waals surface area contributed by atoms with E-state index in [1.54, 1.807) is 61.5 Å². The van der Waals surface area contributed by atoms with Crippen LogP contribution in [0.5, 0.6) is 0 Å². The number of non-ortho nitro benzene ring substituents is 1. The molecule has 3 aromatic carbocycles. The van der Waals surface area contributed by atoms with Crippen molar-refractivity contribution in [2.75, 3.05) is 0 Å². The number of nitro groups is 1. The predicted molar refractivity (Wildman–Crippen MR) is 132 cm³/mol. The van der Waals surface area contributed by atoms with Crippen molar-refractivity contribution >= 4 is 34.0 Å². The smallest absolute Gasteiger partial charge is 0.272 e. The van der Waals surface area contributed by atoms with Crippen molar-refractivity contribution in [1.29, 1.82) is 0 Å². The quantitative estimate of drug-likeness (QED) is 0.208. The molecule has 1 aromatic heterocycles. The lowest BCUT2D eigenvalue weighted by molar-refractivity contribution is -0.384. The molecule has 0 aliphatic carbocycles. The zero-order valence-corrected chi connectivity index (χ0v) is 19.0. The van der Waals surface area contributed by atoms with Gasteiger partial charge in [-0.2, -0.15) is 10.2 Å². The van der Waals surface area contributed by atoms with Gasteiger partial charge in [0.05, 0.1) is 16.0 Å². The van der Waals surface area contributed by atoms with Gasteiger partial charge in [0.25, 0.3) is 23.1 Å². The summed E-state index contributed by atoms with van der Waals surface area (Å²) in [4.78, 5) is 48.8. The van der Waals surface area contributed by atoms with Gasteiger partial charge in [-0.25, -0.2) is 10.5 Å². The Morgan fingerprint density at radius 1 is 0.944 bits per heavy atom. The van der Waals surface area contributed by atoms with Crippen LogP contribution in [0.3, 0.4) is 0 Å². The van der Waals surface area contributed by atoms with Gasteiger partial charge < -0.3 is 5.32 Å². The highest BCUT2D eigenvalue weighted by Gasteiger charge is 2.27. The first kappa shape index (κ1) is 24.0. The standard InChI is InChI=1S/C25H20N6O5/c1-15(16-11-13-18(14-12-16)31(35)36)27-30-25(34)22(26-23(32)17-7-3-2-4-8-17)21-19-9-5-6-10-20(19)24(33)29-28-21/h2-14,22H,1H3,(H,26,32)(H,29,33)(H,30,34)/b27-15+. The van der Waals surface area contributed by atoms with Crippen LogP contribution in [0, 0.1) is 10.1 Å². The molecule has 3 N–H and O–H groups in total. The fraction of sp³-hybridized carbons (Fsp3) is 0.0800. The molecule has 2 amide bonds. The van der Waals surface area contributed by atoms with E-state index in [1.165, 1.54) is 24.3 Å². The molecule has 180 valence electrons. The Morgan fingerprint density at radius 3 is 2.25 bits per heavy atom. The number of aromatic amines is 1. The van der Waals surface area contributed by atoms with Crippen molar-refractivity contribution in [2.45, 2.75) is 13.0 Å². The maximum absolute atomic E-state index is 13.3. The molecular weight excluding hydrogens is 464 g/mol. The highest BCUT2D eigenvalue weighted by Crippen LogP contribution is 2.20. The molecular formula is C25H20N6O5. The molecule has 11 nitrogen and oxygen atoms in total. The summed E-state index contributed by atoms with van der Waals surface area (Å²) in [6.07, 6.45) is 0. The Morgan fingerprint density at radius 2 is 1.58 bits per heavy atom. The third-order valence-corrected chi connectivity index (χ3v) is 5.40. The minimum atomic E-state index is -1.30. The number of carbonyl (C=O) groups is 2. The third-order valence-electron chi connectivity index (χ3n) is 5.40. The average molecular weight is 484 g/mol. The van der Waals surface area contributed by atoms with Gasteiger partial charge in [-0.3, -0.25) is 24.5 Å². The van der Waals surface area contributed by atoms with Gasteiger partial charge in [0.2, 0.25) is 0 Å². The van der Waals surface area contributed by atoms with Gasteiger partial charge in [-0.05, 0) is 42.8 Å². The summed E-state index contributed by atoms with van der Waals surface area (Å²) in [7, 11) is 0. The van der Waals surface area contributed by atoms with Gasteiger partial charge >= 0.3 is 0 Å². The van der Waals surface area contributed by atoms with Crippen LogP contribution in [0.4, 0.5) is 5.69 Å². The molecule has 1 unspecified atom stereocenters. The zero-order chi connectivity index (χ0) is 25.7. The van der Waals surface area contributed by atoms with Crippen LogP contribution >= 0.6 is 0 Å². The minimum absolute atomic E-state index is 0.0738. The normalized spacial score (nSPS) is 12.1. The molecule has 0 spiro atoms. The summed E-state index contributed by atoms with van der Waals surface area (Å²) in [5, 5.41) is 24.8. The van der Waals surface area contributed by atoms with Crippen molar-refractivity contribution in [2.24, 2.45) is 5.10 Å². The summed E-state index contributed by atoms with van der Waals surface area (Å²) in [5.41, 5.74) is 3.31. The summed E-state index contributed by atoms with van der Waals surface area (Å²) in [6.45, 7) is 1.62. The number of amides is 2. The molecule has 0 saturated carbocycles. The van der Waals surface area contributed by atoms with Gasteiger partial charge in [0.15, 0.2) is 6.04 Å². The van der Waals surface area contributed by atoms with Crippen LogP contribution in [0.15, 0.2) is 88.8 Å². The average Bonchev–Trinajstić information content (AvgIpc) is 2.91. The lowest BCUT2D eigenvalue weighted by Gasteiger charge is -2.18. The number of nitrogens with zero attached hydrogens (tertiary/aromatic N) is 3. The van der Waals surface area contributed by atoms with Gasteiger partial charge in [-0.1, -0.05) is 36.4 Å². The van der Waals surface area contributed by atoms with Crippen molar-refractivity contribution in [3.05, 3.63) is 116 Å². The summed E-state index contributed by atoms with van der Waals surface area (Å²) >= 11 is 0. The molecule has 4 rings (SSSR count). The summed E-state index contributed by atoms with van der Waals surface area (Å²) < 4.78 is 0. The molecule has 1 heterocycles. The number of hydrogen-bond donors (Lipinski definition) is 3. The van der Waals surface area contributed by atoms with E-state index in [-0.39, 0.29) is 11.4 Å². The molecule has 0 bridgehead atoms. The number of H-pyrrole nitrogens is 1. The number of fused-ring (bicyclic) bond motifs is 1. The molecule has 4 aromatic rings. The van der Waals surface area contributed by atoms with E-state index in [0.717, 1.165) is 0 Å². The third kappa shape index (κ3) is 5.14. The minimum Gasteiger partial charge on any atom is -0.335 e. The van der Waals surface area contributed by atoms with Crippen LogP contribution in [-0.2, 0) is 4.79 Å². The molecule has 0 fully saturated rings. The lowest BCUT2D eigenvalue weighted by Crippen LogP contribution is -2.40. The Labute approximate surface area is 204 Å². The van der Waals surface area contributed by atoms with Crippen molar-refractivity contribution in [1.82, 2.24) is 20.9 Å². The first-order valence-corrected chi connectivity index (χ1v) is 10.8. The SMILES string of the molecule is C/C(=N\NC(=O)C(NC(=O)c1ccccc1)c1n[nH]c(=O)c2ccccc12)c1ccc([N+](=O)[O-])cc1. The first-order chi connectivity index (χ1) is 17.3. The van der Waals surface area contributed by atoms with Crippen molar-refractivity contribution < 1.29 is 14.5 Å². The van der Waals surface area contributed by atoms with E-state index >= 15 is 0 Å². The van der Waals surface area contributed by atoms with Crippen molar-refractivity contribution in [3.8, 4) is 0 Å². The Bertz CT molecular complexity index is 1530. The van der Waals surface area contributed by atoms with Crippen LogP contribution in [-0.4, -0.2) is 32.6 Å². The maximum Gasteiger partial charge on any atom is 0.272 e. The van der Waals surface area contributed by atoms with E-state index in [2.05, 4.69) is 26.0 Å². The van der Waals surface area contributed by atoms with Gasteiger partial charge in [-0.15, -0.1) is 0 Å². The van der Waals surface area contributed by atoms with Crippen LogP contribution in [0.2, 0.25) is 0 Å². The number of rotatable bonds is 7. The number of aromatic nitrogens is 2. The summed E-state index contributed by atoms with van der Waals surface area (Å²) in [6, 6.07) is 19.3. The topological polar surface area (TPSA) is 159 Å². The molecule has 11 heteroatoms. The lowest BCUT2D eigenvalue weighted by atomic mass is 10.0. The highest BCUT2D eigenvalue weighted by atomic mass is 16.6. The highest BCUT2D eigenvalue weighted by molar-refractivity contribution is 6.01. The van der Waals surface area contributed by atoms with E-state index in [4.69, 9.17) is 0 Å². The van der Waals surface area contributed by atoms with E-state index in [0.29, 0.717) is 27.6 Å². The number of hydrogen-bond acceptors (Lipinski definition) is 7. The number of hydrazone groups is 1. The van der Waals surface area contributed by atoms with Crippen LogP contribution in [0.25, 0.3) is 10.8 Å². The van der Waals surface area contributed by atoms with Gasteiger partial charge in [0, 0.05) is 23.1 Å². The Hall–Kier alpha value is -5.19. The summed E-state index contributed by atoms with van der Waals surface area (Å²) in [5.74, 6) is -1.23. The van der Waals surface area contributed by atoms with E-state index in [9.17, 15) is 24.5 Å². The molecule has 0 saturated heterocycles. The Kier molecular flexibility index (Phi) is 6.91. The molecule has 36 heavy (non-hydrogen) atoms. The van der Waals surface area contributed by atoms with Crippen molar-refractivity contribution in [3.63, 3.8) is 0 Å². The molecule has 1 atom stereocenters. The largest absolute Gasteiger partial charge is 0.335 e. The van der Waals surface area contributed by atoms with Crippen LogP contribution in [0.1, 0.15) is 34.6 Å².